The number of thiophene rings is 1. The van der Waals surface area contributed by atoms with Gasteiger partial charge in [0.25, 0.3) is 5.91 Å². The van der Waals surface area contributed by atoms with Crippen molar-refractivity contribution in [2.45, 2.75) is 6.04 Å². The molecule has 0 saturated heterocycles. The van der Waals surface area contributed by atoms with Crippen LogP contribution < -0.4 is 14.8 Å². The highest BCUT2D eigenvalue weighted by atomic mass is 32.1. The van der Waals surface area contributed by atoms with Gasteiger partial charge in [0.2, 0.25) is 0 Å². The molecule has 2 rings (SSSR count). The summed E-state index contributed by atoms with van der Waals surface area (Å²) in [5, 5.41) is 15.6. The molecule has 1 aromatic heterocycles. The van der Waals surface area contributed by atoms with Crippen LogP contribution in [0.1, 0.15) is 22.0 Å². The van der Waals surface area contributed by atoms with E-state index in [2.05, 4.69) is 11.4 Å². The van der Waals surface area contributed by atoms with Gasteiger partial charge in [-0.05, 0) is 17.5 Å². The van der Waals surface area contributed by atoms with Crippen LogP contribution in [0.15, 0.2) is 35.0 Å². The van der Waals surface area contributed by atoms with Gasteiger partial charge in [-0.15, -0.1) is 0 Å². The number of para-hydroxylation sites is 1. The molecule has 0 aliphatic heterocycles. The summed E-state index contributed by atoms with van der Waals surface area (Å²) in [5.41, 5.74) is 1.09. The van der Waals surface area contributed by atoms with Gasteiger partial charge >= 0.3 is 0 Å². The number of hydrogen-bond donors (Lipinski definition) is 1. The molecule has 0 spiro atoms. The minimum absolute atomic E-state index is 0.298. The van der Waals surface area contributed by atoms with Crippen molar-refractivity contribution in [1.29, 1.82) is 5.26 Å². The summed E-state index contributed by atoms with van der Waals surface area (Å²) >= 11 is 1.42. The summed E-state index contributed by atoms with van der Waals surface area (Å²) < 4.78 is 10.5. The van der Waals surface area contributed by atoms with Crippen molar-refractivity contribution in [3.63, 3.8) is 0 Å². The van der Waals surface area contributed by atoms with Crippen LogP contribution in [0.2, 0.25) is 0 Å². The first kappa shape index (κ1) is 14.9. The highest BCUT2D eigenvalue weighted by Gasteiger charge is 2.21. The lowest BCUT2D eigenvalue weighted by Crippen LogP contribution is -2.27. The van der Waals surface area contributed by atoms with E-state index in [0.29, 0.717) is 22.6 Å². The lowest BCUT2D eigenvalue weighted by atomic mass is 10.1. The molecule has 0 aliphatic rings. The van der Waals surface area contributed by atoms with E-state index >= 15 is 0 Å². The molecule has 1 amide bonds. The van der Waals surface area contributed by atoms with E-state index in [1.807, 2.05) is 5.38 Å². The average molecular weight is 302 g/mol. The summed E-state index contributed by atoms with van der Waals surface area (Å²) in [4.78, 5) is 12.1. The number of nitrogens with one attached hydrogen (secondary N) is 1. The number of rotatable bonds is 5. The van der Waals surface area contributed by atoms with E-state index in [0.717, 1.165) is 0 Å². The van der Waals surface area contributed by atoms with Crippen molar-refractivity contribution < 1.29 is 14.3 Å². The SMILES string of the molecule is COc1cccc([C@@H](C#N)NC(=O)c2ccsc2)c1OC. The Morgan fingerprint density at radius 1 is 1.33 bits per heavy atom. The third kappa shape index (κ3) is 3.15. The second-order valence-corrected chi connectivity index (χ2v) is 4.91. The molecule has 1 atom stereocenters. The number of nitriles is 1. The Kier molecular flexibility index (Phi) is 4.80. The van der Waals surface area contributed by atoms with Crippen LogP contribution in [-0.2, 0) is 0 Å². The van der Waals surface area contributed by atoms with Crippen molar-refractivity contribution in [3.05, 3.63) is 46.2 Å². The van der Waals surface area contributed by atoms with E-state index in [-0.39, 0.29) is 5.91 Å². The van der Waals surface area contributed by atoms with Crippen molar-refractivity contribution in [2.24, 2.45) is 0 Å². The van der Waals surface area contributed by atoms with Gasteiger partial charge in [0.15, 0.2) is 11.5 Å². The standard InChI is InChI=1S/C15H14N2O3S/c1-19-13-5-3-4-11(14(13)20-2)12(8-16)17-15(18)10-6-7-21-9-10/h3-7,9,12H,1-2H3,(H,17,18)/t12-/m1/s1. The molecule has 1 N–H and O–H groups in total. The Morgan fingerprint density at radius 2 is 2.14 bits per heavy atom. The molecule has 0 saturated carbocycles. The number of nitrogens with zero attached hydrogens (tertiary/aromatic N) is 1. The van der Waals surface area contributed by atoms with Gasteiger partial charge in [-0.3, -0.25) is 4.79 Å². The second kappa shape index (κ2) is 6.77. The van der Waals surface area contributed by atoms with E-state index in [1.54, 1.807) is 29.6 Å². The number of ether oxygens (including phenoxy) is 2. The average Bonchev–Trinajstić information content (AvgIpc) is 3.06. The molecule has 5 nitrogen and oxygen atoms in total. The number of benzene rings is 1. The van der Waals surface area contributed by atoms with Crippen molar-refractivity contribution in [2.75, 3.05) is 14.2 Å². The molecular weight excluding hydrogens is 288 g/mol. The fourth-order valence-electron chi connectivity index (χ4n) is 1.93. The van der Waals surface area contributed by atoms with Gasteiger partial charge in [0.1, 0.15) is 6.04 Å². The number of carbonyl (C=O) groups excluding carboxylic acids is 1. The molecule has 0 bridgehead atoms. The Balaban J connectivity index is 2.30. The number of methoxy groups -OCH3 is 2. The first-order chi connectivity index (χ1) is 10.2. The molecule has 0 fully saturated rings. The molecule has 1 aromatic carbocycles. The van der Waals surface area contributed by atoms with Crippen LogP contribution in [0.4, 0.5) is 0 Å². The van der Waals surface area contributed by atoms with E-state index in [9.17, 15) is 10.1 Å². The van der Waals surface area contributed by atoms with Crippen LogP contribution in [0.5, 0.6) is 11.5 Å². The maximum Gasteiger partial charge on any atom is 0.253 e. The summed E-state index contributed by atoms with van der Waals surface area (Å²) in [6, 6.07) is 8.17. The smallest absolute Gasteiger partial charge is 0.253 e. The van der Waals surface area contributed by atoms with Crippen LogP contribution in [-0.4, -0.2) is 20.1 Å². The Hall–Kier alpha value is -2.52. The third-order valence-electron chi connectivity index (χ3n) is 2.93. The lowest BCUT2D eigenvalue weighted by molar-refractivity contribution is 0.0945. The number of hydrogen-bond acceptors (Lipinski definition) is 5. The zero-order valence-electron chi connectivity index (χ0n) is 11.6. The maximum absolute atomic E-state index is 12.1. The predicted molar refractivity (Wildman–Crippen MR) is 79.7 cm³/mol. The van der Waals surface area contributed by atoms with Crippen LogP contribution in [0, 0.1) is 11.3 Å². The Labute approximate surface area is 126 Å². The van der Waals surface area contributed by atoms with Crippen LogP contribution in [0.25, 0.3) is 0 Å². The predicted octanol–water partition coefficient (Wildman–Crippen LogP) is 2.76. The fourth-order valence-corrected chi connectivity index (χ4v) is 2.56. The second-order valence-electron chi connectivity index (χ2n) is 4.13. The van der Waals surface area contributed by atoms with E-state index in [1.165, 1.54) is 25.6 Å². The normalized spacial score (nSPS) is 11.3. The summed E-state index contributed by atoms with van der Waals surface area (Å²) in [7, 11) is 3.02. The molecule has 0 radical (unpaired) electrons. The molecular formula is C15H14N2O3S. The zero-order valence-corrected chi connectivity index (χ0v) is 12.4. The first-order valence-corrected chi connectivity index (χ1v) is 7.09. The number of amides is 1. The topological polar surface area (TPSA) is 71.3 Å². The van der Waals surface area contributed by atoms with Gasteiger partial charge in [0, 0.05) is 10.9 Å². The first-order valence-electron chi connectivity index (χ1n) is 6.14. The highest BCUT2D eigenvalue weighted by Crippen LogP contribution is 2.34. The van der Waals surface area contributed by atoms with Crippen LogP contribution >= 0.6 is 11.3 Å². The van der Waals surface area contributed by atoms with Gasteiger partial charge in [-0.25, -0.2) is 0 Å². The van der Waals surface area contributed by atoms with Gasteiger partial charge in [-0.2, -0.15) is 16.6 Å². The summed E-state index contributed by atoms with van der Waals surface area (Å²) in [5.74, 6) is 0.657. The molecule has 6 heteroatoms. The largest absolute Gasteiger partial charge is 0.493 e. The highest BCUT2D eigenvalue weighted by molar-refractivity contribution is 7.08. The molecule has 1 heterocycles. The molecule has 108 valence electrons. The molecule has 0 aliphatic carbocycles. The van der Waals surface area contributed by atoms with E-state index in [4.69, 9.17) is 9.47 Å². The minimum atomic E-state index is -0.817. The molecule has 2 aromatic rings. The minimum Gasteiger partial charge on any atom is -0.493 e. The van der Waals surface area contributed by atoms with E-state index < -0.39 is 6.04 Å². The Bertz CT molecular complexity index is 662. The Morgan fingerprint density at radius 3 is 2.71 bits per heavy atom. The maximum atomic E-state index is 12.1. The van der Waals surface area contributed by atoms with Gasteiger partial charge < -0.3 is 14.8 Å². The van der Waals surface area contributed by atoms with Gasteiger partial charge in [-0.1, -0.05) is 12.1 Å². The van der Waals surface area contributed by atoms with Crippen molar-refractivity contribution in [3.8, 4) is 17.6 Å². The quantitative estimate of drug-likeness (QED) is 0.922. The van der Waals surface area contributed by atoms with Crippen LogP contribution in [0.3, 0.4) is 0 Å². The zero-order chi connectivity index (χ0) is 15.2. The lowest BCUT2D eigenvalue weighted by Gasteiger charge is -2.17. The fraction of sp³-hybridized carbons (Fsp3) is 0.200. The van der Waals surface area contributed by atoms with Crippen molar-refractivity contribution >= 4 is 17.2 Å². The molecule has 0 unspecified atom stereocenters. The summed E-state index contributed by atoms with van der Waals surface area (Å²) in [6.07, 6.45) is 0. The third-order valence-corrected chi connectivity index (χ3v) is 3.62. The molecule has 21 heavy (non-hydrogen) atoms. The van der Waals surface area contributed by atoms with Gasteiger partial charge in [0.05, 0.1) is 25.9 Å². The summed E-state index contributed by atoms with van der Waals surface area (Å²) in [6.45, 7) is 0. The number of carbonyl (C=O) groups is 1. The monoisotopic (exact) mass is 302 g/mol. The van der Waals surface area contributed by atoms with Crippen molar-refractivity contribution in [1.82, 2.24) is 5.32 Å².